The number of amidine groups is 5. The molecule has 0 unspecified atom stereocenters. The molecule has 5 aromatic carbocycles. The van der Waals surface area contributed by atoms with Gasteiger partial charge in [0.15, 0.2) is 48.9 Å². The topological polar surface area (TPSA) is 357 Å². The maximum Gasteiger partial charge on any atom is 0.153 e. The normalized spacial score (nSPS) is 19.5. The standard InChI is InChI=1S/C24H27ClN6.C22H22ClN5O2S.C22H22ClN5O.C21H21ClN6.C21H20ClN5O2S/c1-3-30-8-10-31(11-9-30)15-17-12-21-19(14-26-17)23(18-6-4-5-7-20(18)25)29-22-16(2)13-27-24(22)28-21;1-14-11-25-22-20(14)27-21(16-4-2-3-5-18(16)23)17-12-24-15(10-19(17)26-22)13-28-6-8-31(29,30)9-7-28;1-14-11-25-22-20(14)27-21(16-4-2-3-5-18(16)23)17-12-24-15(10-19(17)26-22)13-28-6-8-29-9-7-28;1-13-11-25-21-19(13)27-20(14-4-2-3-5-16(14)22)15-12-24-18(10-17(15)26-21)28-8-6-23-7-9-28;1-13-11-24-21-19(13)26-20(14-4-2-3-5-16(14)22)15-12-23-18(10-17(15)25-21)27-6-8-30(28,29)9-7-27/h4-7,12,14H,3,8-11,13,15H2,1-2H3,(H,27,28);2-5,10,12H,6-9,11,13H2,1H3,(H,25,26);2-5,10,12H,6-9,11,13H2,1H3,(H,25,26);2-5,10,12,23H,6-9,11H2,1H3,(H,25,26);2-5,10,12H,6-9,11H2,1H3,(H,24,25). The molecule has 6 N–H and O–H groups in total. The predicted octanol–water partition coefficient (Wildman–Crippen LogP) is 16.3. The number of sulfone groups is 2. The van der Waals surface area contributed by atoms with Gasteiger partial charge in [-0.2, -0.15) is 0 Å². The van der Waals surface area contributed by atoms with Crippen molar-refractivity contribution in [2.24, 2.45) is 49.9 Å². The summed E-state index contributed by atoms with van der Waals surface area (Å²) in [6.07, 6.45) is 9.33. The third-order valence-electron chi connectivity index (χ3n) is 28.2. The molecule has 5 saturated heterocycles. The van der Waals surface area contributed by atoms with E-state index in [0.29, 0.717) is 90.6 Å². The second kappa shape index (κ2) is 44.6. The highest BCUT2D eigenvalue weighted by Crippen LogP contribution is 2.41. The Morgan fingerprint density at radius 2 is 0.557 bits per heavy atom. The van der Waals surface area contributed by atoms with Crippen molar-refractivity contribution in [3.05, 3.63) is 337 Å². The van der Waals surface area contributed by atoms with Gasteiger partial charge in [-0.1, -0.05) is 156 Å². The molecule has 0 radical (unpaired) electrons. The molecule has 0 spiro atoms. The van der Waals surface area contributed by atoms with Crippen LogP contribution in [0.15, 0.2) is 289 Å². The second-order valence-electron chi connectivity index (χ2n) is 38.5. The van der Waals surface area contributed by atoms with Gasteiger partial charge in [0.2, 0.25) is 0 Å². The quantitative estimate of drug-likeness (QED) is 0.0589. The number of aromatic nitrogens is 5. The van der Waals surface area contributed by atoms with Crippen LogP contribution < -0.4 is 41.7 Å². The van der Waals surface area contributed by atoms with Gasteiger partial charge in [0, 0.05) is 235 Å². The van der Waals surface area contributed by atoms with Crippen molar-refractivity contribution in [2.45, 2.75) is 61.2 Å². The maximum absolute atomic E-state index is 11.8. The summed E-state index contributed by atoms with van der Waals surface area (Å²) in [4.78, 5) is 85.4. The van der Waals surface area contributed by atoms with Crippen LogP contribution in [0.25, 0.3) is 0 Å². The van der Waals surface area contributed by atoms with Crippen molar-refractivity contribution in [3.8, 4) is 0 Å². The van der Waals surface area contributed by atoms with Gasteiger partial charge >= 0.3 is 0 Å². The predicted molar refractivity (Wildman–Crippen MR) is 603 cm³/mol. The first-order valence-corrected chi connectivity index (χ1v) is 55.7. The minimum Gasteiger partial charge on any atom is -0.379 e. The lowest BCUT2D eigenvalue weighted by molar-refractivity contribution is 0.0336. The Morgan fingerprint density at radius 1 is 0.302 bits per heavy atom. The van der Waals surface area contributed by atoms with Crippen LogP contribution in [0.1, 0.15) is 114 Å². The third-order valence-corrected chi connectivity index (χ3v) is 33.1. The Bertz CT molecular complexity index is 7770. The molecule has 15 aliphatic rings. The van der Waals surface area contributed by atoms with E-state index in [2.05, 4.69) is 137 Å². The number of likely N-dealkylation sites (N-methyl/N-ethyl adjacent to an activating group) is 1. The minimum atomic E-state index is -2.96. The number of piperazine rings is 2. The fourth-order valence-electron chi connectivity index (χ4n) is 19.7. The molecule has 764 valence electrons. The van der Waals surface area contributed by atoms with E-state index in [-0.39, 0.29) is 23.0 Å². The maximum atomic E-state index is 11.8. The summed E-state index contributed by atoms with van der Waals surface area (Å²) < 4.78 is 52.5. The number of hydrogen-bond acceptors (Lipinski definition) is 32. The van der Waals surface area contributed by atoms with Crippen LogP contribution in [-0.2, 0) is 44.0 Å². The highest BCUT2D eigenvalue weighted by atomic mass is 35.5. The zero-order valence-electron chi connectivity index (χ0n) is 83.5. The fourth-order valence-corrected chi connectivity index (χ4v) is 23.3. The molecule has 149 heavy (non-hydrogen) atoms. The molecule has 20 heterocycles. The van der Waals surface area contributed by atoms with Crippen molar-refractivity contribution in [3.63, 3.8) is 0 Å². The number of halogens is 5. The number of nitrogens with zero attached hydrogens (tertiary/aromatic N) is 21. The summed E-state index contributed by atoms with van der Waals surface area (Å²) in [5.74, 6) is 6.33. The molecule has 0 aliphatic carbocycles. The molecule has 39 heteroatoms. The average molecular weight is 2130 g/mol. The zero-order chi connectivity index (χ0) is 103. The van der Waals surface area contributed by atoms with Crippen molar-refractivity contribution in [2.75, 3.05) is 204 Å². The number of nitrogens with one attached hydrogen (secondary N) is 6. The van der Waals surface area contributed by atoms with Gasteiger partial charge in [-0.05, 0) is 118 Å². The number of anilines is 7. The Morgan fingerprint density at radius 3 is 0.852 bits per heavy atom. The molecule has 0 saturated carbocycles. The molecule has 32 nitrogen and oxygen atoms in total. The zero-order valence-corrected chi connectivity index (χ0v) is 88.9. The molecule has 0 bridgehead atoms. The van der Waals surface area contributed by atoms with Crippen LogP contribution in [0, 0.1) is 0 Å². The van der Waals surface area contributed by atoms with Crippen LogP contribution in [0.3, 0.4) is 0 Å². The number of pyridine rings is 5. The molecule has 15 aliphatic heterocycles. The van der Waals surface area contributed by atoms with Crippen LogP contribution in [-0.4, -0.2) is 286 Å². The van der Waals surface area contributed by atoms with Gasteiger partial charge < -0.3 is 51.3 Å². The highest BCUT2D eigenvalue weighted by Gasteiger charge is 2.36. The van der Waals surface area contributed by atoms with Gasteiger partial charge in [-0.15, -0.1) is 0 Å². The molecule has 5 fully saturated rings. The van der Waals surface area contributed by atoms with Gasteiger partial charge in [0.05, 0.1) is 143 Å². The van der Waals surface area contributed by atoms with E-state index in [1.165, 1.54) is 0 Å². The smallest absolute Gasteiger partial charge is 0.153 e. The van der Waals surface area contributed by atoms with E-state index in [1.807, 2.05) is 177 Å². The van der Waals surface area contributed by atoms with Crippen LogP contribution in [0.4, 0.5) is 40.1 Å². The van der Waals surface area contributed by atoms with Gasteiger partial charge in [0.1, 0.15) is 40.1 Å². The second-order valence-corrected chi connectivity index (χ2v) is 45.2. The van der Waals surface area contributed by atoms with E-state index in [4.69, 9.17) is 103 Å². The molecular weight excluding hydrogens is 2020 g/mol. The summed E-state index contributed by atoms with van der Waals surface area (Å²) in [6.45, 7) is 32.6. The lowest BCUT2D eigenvalue weighted by Gasteiger charge is -2.33. The van der Waals surface area contributed by atoms with E-state index in [1.54, 1.807) is 6.20 Å². The number of hydrogen-bond donors (Lipinski definition) is 6. The van der Waals surface area contributed by atoms with Crippen LogP contribution in [0.2, 0.25) is 25.1 Å². The summed E-state index contributed by atoms with van der Waals surface area (Å²) >= 11 is 32.6. The first-order chi connectivity index (χ1) is 72.3. The SMILES string of the molecule is CC1=C2N=C(c3ccccc3Cl)c3cnc(CN4CCOCC4)cc3NC2=NC1.CC1=C2N=C(c3ccccc3Cl)c3cnc(CN4CCS(=O)(=O)CC4)cc3NC2=NC1.CC1=C2N=C(c3ccccc3Cl)c3cnc(N4CCNCC4)cc3NC2=NC1.CC1=C2N=C(c3ccccc3Cl)c3cnc(N4CCS(=O)(=O)CC4)cc3NC2=NC1.CCN1CCN(Cc2cc3c(cn2)C(c2ccccc2Cl)=NC2=C(C)CN=C2N3)CC1. The molecule has 5 aromatic heterocycles. The van der Waals surface area contributed by atoms with Crippen molar-refractivity contribution in [1.82, 2.24) is 49.8 Å². The number of rotatable bonds is 14. The fraction of sp³-hybridized carbons (Fsp3) is 0.318. The van der Waals surface area contributed by atoms with Crippen molar-refractivity contribution in [1.29, 1.82) is 0 Å². The molecule has 25 rings (SSSR count). The largest absolute Gasteiger partial charge is 0.379 e. The van der Waals surface area contributed by atoms with E-state index in [9.17, 15) is 16.8 Å². The van der Waals surface area contributed by atoms with E-state index >= 15 is 0 Å². The number of aliphatic imine (C=N–C) groups is 10. The van der Waals surface area contributed by atoms with E-state index in [0.717, 1.165) is 325 Å². The van der Waals surface area contributed by atoms with Crippen LogP contribution in [0.5, 0.6) is 0 Å². The lowest BCUT2D eigenvalue weighted by atomic mass is 10.0. The summed E-state index contributed by atoms with van der Waals surface area (Å²) in [5.41, 5.74) is 30.4. The molecule has 10 aromatic rings. The molecule has 0 amide bonds. The monoisotopic (exact) mass is 2130 g/mol. The van der Waals surface area contributed by atoms with Crippen molar-refractivity contribution >= 4 is 175 Å². The third kappa shape index (κ3) is 22.7. The summed E-state index contributed by atoms with van der Waals surface area (Å²) in [5, 5.41) is 24.0. The van der Waals surface area contributed by atoms with E-state index < -0.39 is 19.7 Å². The summed E-state index contributed by atoms with van der Waals surface area (Å²) in [7, 11) is -5.87. The lowest BCUT2D eigenvalue weighted by Crippen LogP contribution is -2.45. The Balaban J connectivity index is 0.000000109. The average Bonchev–Trinajstić information content (AvgIpc) is 1.67. The minimum absolute atomic E-state index is 0.143. The van der Waals surface area contributed by atoms with Crippen LogP contribution >= 0.6 is 58.0 Å². The first-order valence-electron chi connectivity index (χ1n) is 50.2. The van der Waals surface area contributed by atoms with Gasteiger partial charge in [0.25, 0.3) is 0 Å². The molecule has 0 atom stereocenters. The van der Waals surface area contributed by atoms with Gasteiger partial charge in [-0.25, -0.2) is 51.8 Å². The highest BCUT2D eigenvalue weighted by molar-refractivity contribution is 7.91. The Hall–Kier alpha value is -13.0. The van der Waals surface area contributed by atoms with Gasteiger partial charge in [-0.3, -0.25) is 54.6 Å². The molecular formula is C110H112Cl5N27O5S2. The number of morpholine rings is 1. The first kappa shape index (κ1) is 102. The summed E-state index contributed by atoms with van der Waals surface area (Å²) in [6, 6.07) is 49.0. The van der Waals surface area contributed by atoms with Crippen molar-refractivity contribution < 1.29 is 21.6 Å². The Labute approximate surface area is 891 Å². The number of ether oxygens (including phenoxy) is 1. The Kier molecular flexibility index (Phi) is 30.5. The number of fused-ring (bicyclic) bond motifs is 10. The number of benzene rings is 5.